The number of rotatable bonds is 2. The summed E-state index contributed by atoms with van der Waals surface area (Å²) in [5.41, 5.74) is 3.31. The quantitative estimate of drug-likeness (QED) is 0.919. The van der Waals surface area contributed by atoms with Crippen molar-refractivity contribution in [1.82, 2.24) is 4.98 Å². The number of aryl methyl sites for hydroxylation is 2. The van der Waals surface area contributed by atoms with E-state index in [0.717, 1.165) is 21.4 Å². The van der Waals surface area contributed by atoms with Crippen molar-refractivity contribution in [2.75, 3.05) is 5.32 Å². The third-order valence-electron chi connectivity index (χ3n) is 2.57. The lowest BCUT2D eigenvalue weighted by atomic mass is 10.2. The molecule has 18 heavy (non-hydrogen) atoms. The third-order valence-corrected chi connectivity index (χ3v) is 3.46. The van der Waals surface area contributed by atoms with E-state index in [4.69, 9.17) is 0 Å². The number of carbonyl (C=O) groups excluding carboxylic acids is 1. The maximum atomic E-state index is 12.0. The van der Waals surface area contributed by atoms with Crippen LogP contribution >= 0.6 is 15.9 Å². The molecule has 1 amide bonds. The minimum Gasteiger partial charge on any atom is -0.322 e. The molecule has 2 aromatic rings. The summed E-state index contributed by atoms with van der Waals surface area (Å²) in [5.74, 6) is -0.123. The molecule has 0 spiro atoms. The van der Waals surface area contributed by atoms with Crippen molar-refractivity contribution in [1.29, 1.82) is 0 Å². The Morgan fingerprint density at radius 1 is 1.22 bits per heavy atom. The maximum Gasteiger partial charge on any atom is 0.255 e. The van der Waals surface area contributed by atoms with Crippen LogP contribution in [0.5, 0.6) is 0 Å². The molecule has 0 aliphatic rings. The van der Waals surface area contributed by atoms with Crippen molar-refractivity contribution in [3.63, 3.8) is 0 Å². The second kappa shape index (κ2) is 5.31. The number of aromatic nitrogens is 1. The summed E-state index contributed by atoms with van der Waals surface area (Å²) in [6.07, 6.45) is 1.64. The van der Waals surface area contributed by atoms with Crippen LogP contribution in [0.2, 0.25) is 0 Å². The van der Waals surface area contributed by atoms with Crippen LogP contribution in [0.3, 0.4) is 0 Å². The number of carbonyl (C=O) groups is 1. The summed E-state index contributed by atoms with van der Waals surface area (Å²) in [6, 6.07) is 9.18. The van der Waals surface area contributed by atoms with Gasteiger partial charge in [0, 0.05) is 27.6 Å². The van der Waals surface area contributed by atoms with E-state index in [-0.39, 0.29) is 5.91 Å². The highest BCUT2D eigenvalue weighted by molar-refractivity contribution is 9.10. The molecule has 0 saturated heterocycles. The summed E-state index contributed by atoms with van der Waals surface area (Å²) < 4.78 is 1.03. The topological polar surface area (TPSA) is 42.0 Å². The Morgan fingerprint density at radius 2 is 2.00 bits per heavy atom. The minimum atomic E-state index is -0.123. The lowest BCUT2D eigenvalue weighted by Gasteiger charge is -2.07. The highest BCUT2D eigenvalue weighted by Crippen LogP contribution is 2.20. The molecule has 0 atom stereocenters. The summed E-state index contributed by atoms with van der Waals surface area (Å²) in [5, 5.41) is 2.87. The summed E-state index contributed by atoms with van der Waals surface area (Å²) >= 11 is 3.43. The molecule has 0 aliphatic carbocycles. The molecule has 0 unspecified atom stereocenters. The van der Waals surface area contributed by atoms with Crippen LogP contribution in [0.15, 0.2) is 41.0 Å². The van der Waals surface area contributed by atoms with E-state index in [1.807, 2.05) is 32.0 Å². The highest BCUT2D eigenvalue weighted by Gasteiger charge is 2.07. The predicted molar refractivity (Wildman–Crippen MR) is 75.8 cm³/mol. The molecule has 0 aliphatic heterocycles. The molecule has 4 heteroatoms. The van der Waals surface area contributed by atoms with E-state index in [2.05, 4.69) is 26.2 Å². The molecule has 1 N–H and O–H groups in total. The number of amides is 1. The predicted octanol–water partition coefficient (Wildman–Crippen LogP) is 3.71. The van der Waals surface area contributed by atoms with Gasteiger partial charge < -0.3 is 5.32 Å². The first-order valence-electron chi connectivity index (χ1n) is 5.56. The number of hydrogen-bond donors (Lipinski definition) is 1. The van der Waals surface area contributed by atoms with Crippen molar-refractivity contribution in [2.45, 2.75) is 13.8 Å². The van der Waals surface area contributed by atoms with Gasteiger partial charge in [0.25, 0.3) is 5.91 Å². The molecule has 1 aromatic heterocycles. The molecule has 0 fully saturated rings. The number of anilines is 1. The van der Waals surface area contributed by atoms with Crippen molar-refractivity contribution >= 4 is 27.5 Å². The number of nitrogens with zero attached hydrogens (tertiary/aromatic N) is 1. The van der Waals surface area contributed by atoms with Gasteiger partial charge in [-0.05, 0) is 49.7 Å². The largest absolute Gasteiger partial charge is 0.322 e. The average molecular weight is 305 g/mol. The summed E-state index contributed by atoms with van der Waals surface area (Å²) in [6.45, 7) is 3.84. The molecule has 2 rings (SSSR count). The zero-order valence-corrected chi connectivity index (χ0v) is 11.8. The van der Waals surface area contributed by atoms with Crippen LogP contribution in [0.25, 0.3) is 0 Å². The normalized spacial score (nSPS) is 10.2. The van der Waals surface area contributed by atoms with Crippen molar-refractivity contribution < 1.29 is 4.79 Å². The lowest BCUT2D eigenvalue weighted by molar-refractivity contribution is 0.102. The fraction of sp³-hybridized carbons (Fsp3) is 0.143. The van der Waals surface area contributed by atoms with E-state index < -0.39 is 0 Å². The first-order chi connectivity index (χ1) is 8.56. The standard InChI is InChI=1S/C14H13BrN2O/c1-9-7-12(3-4-13(9)15)17-14(18)11-5-6-16-10(2)8-11/h3-8H,1-2H3,(H,17,18). The first-order valence-corrected chi connectivity index (χ1v) is 6.36. The first kappa shape index (κ1) is 12.8. The smallest absolute Gasteiger partial charge is 0.255 e. The summed E-state index contributed by atoms with van der Waals surface area (Å²) in [4.78, 5) is 16.1. The highest BCUT2D eigenvalue weighted by atomic mass is 79.9. The van der Waals surface area contributed by atoms with Gasteiger partial charge in [-0.25, -0.2) is 0 Å². The monoisotopic (exact) mass is 304 g/mol. The number of benzene rings is 1. The molecule has 92 valence electrons. The van der Waals surface area contributed by atoms with Crippen molar-refractivity contribution in [3.8, 4) is 0 Å². The van der Waals surface area contributed by atoms with Gasteiger partial charge in [-0.2, -0.15) is 0 Å². The van der Waals surface area contributed by atoms with Gasteiger partial charge in [-0.15, -0.1) is 0 Å². The zero-order chi connectivity index (χ0) is 13.1. The SMILES string of the molecule is Cc1cc(C(=O)Nc2ccc(Br)c(C)c2)ccn1. The third kappa shape index (κ3) is 2.96. The number of pyridine rings is 1. The molecule has 0 radical (unpaired) electrons. The van der Waals surface area contributed by atoms with Crippen LogP contribution in [-0.2, 0) is 0 Å². The fourth-order valence-corrected chi connectivity index (χ4v) is 1.86. The maximum absolute atomic E-state index is 12.0. The minimum absolute atomic E-state index is 0.123. The Hall–Kier alpha value is -1.68. The molecule has 0 bridgehead atoms. The van der Waals surface area contributed by atoms with Gasteiger partial charge >= 0.3 is 0 Å². The van der Waals surface area contributed by atoms with E-state index in [1.165, 1.54) is 0 Å². The lowest BCUT2D eigenvalue weighted by Crippen LogP contribution is -2.12. The van der Waals surface area contributed by atoms with Crippen LogP contribution in [0.4, 0.5) is 5.69 Å². The Balaban J connectivity index is 2.18. The fourth-order valence-electron chi connectivity index (χ4n) is 1.61. The van der Waals surface area contributed by atoms with E-state index in [0.29, 0.717) is 5.56 Å². The molecule has 1 heterocycles. The Kier molecular flexibility index (Phi) is 3.77. The second-order valence-electron chi connectivity index (χ2n) is 4.10. The van der Waals surface area contributed by atoms with Gasteiger partial charge in [-0.3, -0.25) is 9.78 Å². The van der Waals surface area contributed by atoms with Gasteiger partial charge in [-0.1, -0.05) is 15.9 Å². The van der Waals surface area contributed by atoms with Crippen LogP contribution < -0.4 is 5.32 Å². The van der Waals surface area contributed by atoms with Crippen molar-refractivity contribution in [3.05, 3.63) is 57.8 Å². The average Bonchev–Trinajstić information content (AvgIpc) is 2.34. The van der Waals surface area contributed by atoms with Gasteiger partial charge in [0.1, 0.15) is 0 Å². The van der Waals surface area contributed by atoms with Crippen LogP contribution in [0, 0.1) is 13.8 Å². The Morgan fingerprint density at radius 3 is 2.67 bits per heavy atom. The van der Waals surface area contributed by atoms with Crippen LogP contribution in [-0.4, -0.2) is 10.9 Å². The van der Waals surface area contributed by atoms with Gasteiger partial charge in [0.2, 0.25) is 0 Å². The number of hydrogen-bond acceptors (Lipinski definition) is 2. The second-order valence-corrected chi connectivity index (χ2v) is 4.96. The molecule has 1 aromatic carbocycles. The summed E-state index contributed by atoms with van der Waals surface area (Å²) in [7, 11) is 0. The number of halogens is 1. The molecule has 3 nitrogen and oxygen atoms in total. The molecular formula is C14H13BrN2O. The van der Waals surface area contributed by atoms with Crippen molar-refractivity contribution in [2.24, 2.45) is 0 Å². The molecule has 0 saturated carbocycles. The van der Waals surface area contributed by atoms with E-state index >= 15 is 0 Å². The number of nitrogens with one attached hydrogen (secondary N) is 1. The Labute approximate surface area is 114 Å². The van der Waals surface area contributed by atoms with E-state index in [9.17, 15) is 4.79 Å². The van der Waals surface area contributed by atoms with E-state index in [1.54, 1.807) is 18.3 Å². The molecular weight excluding hydrogens is 292 g/mol. The Bertz CT molecular complexity index is 596. The van der Waals surface area contributed by atoms with Gasteiger partial charge in [0.05, 0.1) is 0 Å². The van der Waals surface area contributed by atoms with Crippen LogP contribution in [0.1, 0.15) is 21.6 Å². The zero-order valence-electron chi connectivity index (χ0n) is 10.2. The van der Waals surface area contributed by atoms with Gasteiger partial charge in [0.15, 0.2) is 0 Å².